The van der Waals surface area contributed by atoms with Crippen molar-refractivity contribution in [2.45, 2.75) is 213 Å². The van der Waals surface area contributed by atoms with Crippen LogP contribution in [0.2, 0.25) is 0 Å². The van der Waals surface area contributed by atoms with Crippen LogP contribution in [0.3, 0.4) is 0 Å². The lowest BCUT2D eigenvalue weighted by Gasteiger charge is -2.18. The highest BCUT2D eigenvalue weighted by Gasteiger charge is 2.14. The molecular formula is C45H79NO5. The van der Waals surface area contributed by atoms with E-state index in [1.807, 2.05) is 0 Å². The zero-order chi connectivity index (χ0) is 37.3. The fraction of sp³-hybridized carbons (Fsp3) is 0.756. The maximum absolute atomic E-state index is 12.7. The molecule has 6 heteroatoms. The summed E-state index contributed by atoms with van der Waals surface area (Å²) in [5, 5.41) is 11.1. The molecule has 2 N–H and O–H groups in total. The Morgan fingerprint density at radius 3 is 1.47 bits per heavy atom. The van der Waals surface area contributed by atoms with Crippen molar-refractivity contribution < 1.29 is 24.2 Å². The van der Waals surface area contributed by atoms with Crippen molar-refractivity contribution in [1.82, 2.24) is 5.32 Å². The number of amides is 1. The average Bonchev–Trinajstić information content (AvgIpc) is 3.11. The Morgan fingerprint density at radius 1 is 0.529 bits per heavy atom. The summed E-state index contributed by atoms with van der Waals surface area (Å²) >= 11 is 0. The van der Waals surface area contributed by atoms with Gasteiger partial charge in [-0.2, -0.15) is 0 Å². The summed E-state index contributed by atoms with van der Waals surface area (Å²) in [6.07, 6.45) is 50.9. The van der Waals surface area contributed by atoms with E-state index < -0.39 is 5.97 Å². The third-order valence-corrected chi connectivity index (χ3v) is 9.27. The van der Waals surface area contributed by atoms with Crippen LogP contribution in [0.15, 0.2) is 48.6 Å². The zero-order valence-electron chi connectivity index (χ0n) is 33.2. The molecule has 0 aliphatic carbocycles. The minimum Gasteiger partial charge on any atom is -0.480 e. The van der Waals surface area contributed by atoms with Crippen LogP contribution in [0.4, 0.5) is 0 Å². The second-order valence-corrected chi connectivity index (χ2v) is 14.2. The van der Waals surface area contributed by atoms with Crippen LogP contribution < -0.4 is 5.32 Å². The second kappa shape index (κ2) is 40.1. The number of esters is 1. The molecule has 0 aliphatic heterocycles. The number of ether oxygens (including phenoxy) is 1. The van der Waals surface area contributed by atoms with E-state index >= 15 is 0 Å². The predicted molar refractivity (Wildman–Crippen MR) is 217 cm³/mol. The molecule has 0 aromatic carbocycles. The topological polar surface area (TPSA) is 92.7 Å². The number of aliphatic carboxylic acids is 1. The van der Waals surface area contributed by atoms with Crippen LogP contribution in [-0.4, -0.2) is 35.6 Å². The lowest BCUT2D eigenvalue weighted by Crippen LogP contribution is -2.28. The van der Waals surface area contributed by atoms with E-state index in [1.165, 1.54) is 70.6 Å². The molecule has 0 heterocycles. The number of carbonyl (C=O) groups excluding carboxylic acids is 2. The molecule has 1 amide bonds. The van der Waals surface area contributed by atoms with Gasteiger partial charge in [0.15, 0.2) is 0 Å². The predicted octanol–water partition coefficient (Wildman–Crippen LogP) is 13.1. The van der Waals surface area contributed by atoms with E-state index in [9.17, 15) is 14.4 Å². The standard InChI is InChI=1S/C45H79NO5/c1-3-5-7-9-11-13-15-17-18-19-20-21-23-25-27-32-36-40-45(50)51-42(37-33-29-26-24-22-16-14-12-10-8-6-4-2)38-34-30-28-31-35-39-43(47)46-41-44(48)49/h5,7,11,13,17-18,20-21,42H,3-4,6,8-10,12,14-16,19,22-41H2,1-2H3,(H,46,47)(H,48,49)/b7-5-,13-11-,18-17-,21-20-. The van der Waals surface area contributed by atoms with Crippen LogP contribution in [0, 0.1) is 0 Å². The first-order valence-electron chi connectivity index (χ1n) is 21.3. The van der Waals surface area contributed by atoms with Gasteiger partial charge in [-0.15, -0.1) is 0 Å². The molecule has 0 saturated carbocycles. The number of rotatable bonds is 38. The van der Waals surface area contributed by atoms with Crippen molar-refractivity contribution in [3.8, 4) is 0 Å². The van der Waals surface area contributed by atoms with Crippen LogP contribution in [-0.2, 0) is 19.1 Å². The van der Waals surface area contributed by atoms with Gasteiger partial charge in [-0.25, -0.2) is 0 Å². The minimum absolute atomic E-state index is 0.0144. The smallest absolute Gasteiger partial charge is 0.322 e. The molecular weight excluding hydrogens is 634 g/mol. The number of hydrogen-bond donors (Lipinski definition) is 2. The summed E-state index contributed by atoms with van der Waals surface area (Å²) < 4.78 is 6.02. The highest BCUT2D eigenvalue weighted by molar-refractivity contribution is 5.80. The Kier molecular flexibility index (Phi) is 38.1. The van der Waals surface area contributed by atoms with Crippen molar-refractivity contribution in [2.24, 2.45) is 0 Å². The fourth-order valence-electron chi connectivity index (χ4n) is 6.15. The van der Waals surface area contributed by atoms with Gasteiger partial charge in [0.2, 0.25) is 5.91 Å². The molecule has 0 aromatic heterocycles. The molecule has 0 aliphatic rings. The maximum Gasteiger partial charge on any atom is 0.322 e. The number of unbranched alkanes of at least 4 members (excludes halogenated alkanes) is 19. The van der Waals surface area contributed by atoms with E-state index in [4.69, 9.17) is 9.84 Å². The first-order valence-corrected chi connectivity index (χ1v) is 21.3. The number of hydrogen-bond acceptors (Lipinski definition) is 4. The van der Waals surface area contributed by atoms with Crippen molar-refractivity contribution in [3.63, 3.8) is 0 Å². The van der Waals surface area contributed by atoms with Crippen LogP contribution >= 0.6 is 0 Å². The third-order valence-electron chi connectivity index (χ3n) is 9.27. The Labute approximate surface area is 314 Å². The minimum atomic E-state index is -1.02. The largest absolute Gasteiger partial charge is 0.480 e. The molecule has 1 unspecified atom stereocenters. The molecule has 0 spiro atoms. The maximum atomic E-state index is 12.7. The summed E-state index contributed by atoms with van der Waals surface area (Å²) in [7, 11) is 0. The van der Waals surface area contributed by atoms with Gasteiger partial charge >= 0.3 is 11.9 Å². The summed E-state index contributed by atoms with van der Waals surface area (Å²) in [4.78, 5) is 35.0. The molecule has 0 rings (SSSR count). The quantitative estimate of drug-likeness (QED) is 0.0377. The molecule has 51 heavy (non-hydrogen) atoms. The molecule has 1 atom stereocenters. The lowest BCUT2D eigenvalue weighted by molar-refractivity contribution is -0.150. The first-order chi connectivity index (χ1) is 25.0. The molecule has 0 fully saturated rings. The molecule has 0 bridgehead atoms. The molecule has 0 radical (unpaired) electrons. The fourth-order valence-corrected chi connectivity index (χ4v) is 6.15. The summed E-state index contributed by atoms with van der Waals surface area (Å²) in [5.74, 6) is -1.25. The van der Waals surface area contributed by atoms with E-state index in [1.54, 1.807) is 0 Å². The van der Waals surface area contributed by atoms with E-state index in [0.29, 0.717) is 12.8 Å². The first kappa shape index (κ1) is 48.4. The van der Waals surface area contributed by atoms with Crippen molar-refractivity contribution in [1.29, 1.82) is 0 Å². The van der Waals surface area contributed by atoms with Gasteiger partial charge in [-0.3, -0.25) is 14.4 Å². The molecule has 0 aromatic rings. The Balaban J connectivity index is 4.21. The second-order valence-electron chi connectivity index (χ2n) is 14.2. The van der Waals surface area contributed by atoms with Crippen molar-refractivity contribution >= 4 is 17.8 Å². The SMILES string of the molecule is CC/C=C\C/C=C\C/C=C\C/C=C\CCCCCCC(=O)OC(CCCCCCCCCCCCCC)CCCCCCCC(=O)NCC(=O)O. The van der Waals surface area contributed by atoms with Gasteiger partial charge in [0.25, 0.3) is 0 Å². The van der Waals surface area contributed by atoms with Gasteiger partial charge in [-0.05, 0) is 77.0 Å². The molecule has 294 valence electrons. The third kappa shape index (κ3) is 40.0. The Hall–Kier alpha value is -2.63. The lowest BCUT2D eigenvalue weighted by atomic mass is 10.0. The highest BCUT2D eigenvalue weighted by Crippen LogP contribution is 2.19. The Bertz CT molecular complexity index is 922. The number of allylic oxidation sites excluding steroid dienone is 8. The van der Waals surface area contributed by atoms with E-state index in [-0.39, 0.29) is 24.5 Å². The van der Waals surface area contributed by atoms with Crippen molar-refractivity contribution in [2.75, 3.05) is 6.54 Å². The van der Waals surface area contributed by atoms with Crippen LogP contribution in [0.5, 0.6) is 0 Å². The van der Waals surface area contributed by atoms with Crippen LogP contribution in [0.1, 0.15) is 206 Å². The molecule has 6 nitrogen and oxygen atoms in total. The summed E-state index contributed by atoms with van der Waals surface area (Å²) in [6.45, 7) is 4.11. The Morgan fingerprint density at radius 2 is 0.961 bits per heavy atom. The number of carboxylic acid groups (broad SMARTS) is 1. The number of carbonyl (C=O) groups is 3. The molecule has 0 saturated heterocycles. The summed E-state index contributed by atoms with van der Waals surface area (Å²) in [5.41, 5.74) is 0. The number of carboxylic acids is 1. The van der Waals surface area contributed by atoms with Gasteiger partial charge in [-0.1, -0.05) is 165 Å². The van der Waals surface area contributed by atoms with E-state index in [0.717, 1.165) is 109 Å². The highest BCUT2D eigenvalue weighted by atomic mass is 16.5. The summed E-state index contributed by atoms with van der Waals surface area (Å²) in [6, 6.07) is 0. The monoisotopic (exact) mass is 714 g/mol. The average molecular weight is 714 g/mol. The van der Waals surface area contributed by atoms with Gasteiger partial charge in [0.05, 0.1) is 0 Å². The van der Waals surface area contributed by atoms with Crippen LogP contribution in [0.25, 0.3) is 0 Å². The normalized spacial score (nSPS) is 12.5. The van der Waals surface area contributed by atoms with Gasteiger partial charge in [0.1, 0.15) is 12.6 Å². The van der Waals surface area contributed by atoms with Crippen molar-refractivity contribution in [3.05, 3.63) is 48.6 Å². The zero-order valence-corrected chi connectivity index (χ0v) is 33.2. The van der Waals surface area contributed by atoms with E-state index in [2.05, 4.69) is 67.8 Å². The van der Waals surface area contributed by atoms with Gasteiger partial charge in [0, 0.05) is 12.8 Å². The number of nitrogens with one attached hydrogen (secondary N) is 1. The van der Waals surface area contributed by atoms with Gasteiger partial charge < -0.3 is 15.2 Å².